The summed E-state index contributed by atoms with van der Waals surface area (Å²) in [5, 5.41) is 11.7. The highest BCUT2D eigenvalue weighted by Gasteiger charge is 2.02. The van der Waals surface area contributed by atoms with Gasteiger partial charge in [-0.2, -0.15) is 0 Å². The Hall–Kier alpha value is -1.64. The molecule has 0 heterocycles. The minimum Gasteiger partial charge on any atom is -0.392 e. The molecular formula is C18H31NO. The first-order valence-corrected chi connectivity index (χ1v) is 7.02. The Labute approximate surface area is 126 Å². The van der Waals surface area contributed by atoms with Crippen molar-refractivity contribution in [1.82, 2.24) is 5.32 Å². The Balaban J connectivity index is -0.000000355. The normalized spacial score (nSPS) is 13.1. The minimum absolute atomic E-state index is 0. The third-order valence-corrected chi connectivity index (χ3v) is 3.34. The van der Waals surface area contributed by atoms with Crippen molar-refractivity contribution in [2.75, 3.05) is 7.05 Å². The van der Waals surface area contributed by atoms with E-state index in [-0.39, 0.29) is 16.4 Å². The van der Waals surface area contributed by atoms with E-state index < -0.39 is 0 Å². The molecule has 0 radical (unpaired) electrons. The van der Waals surface area contributed by atoms with Gasteiger partial charge in [0.05, 0.1) is 6.10 Å². The molecule has 2 N–H and O–H groups in total. The Morgan fingerprint density at radius 2 is 1.40 bits per heavy atom. The molecule has 2 aromatic carbocycles. The van der Waals surface area contributed by atoms with Crippen molar-refractivity contribution in [3.63, 3.8) is 0 Å². The molecule has 0 amide bonds. The lowest BCUT2D eigenvalue weighted by atomic mass is 10.0. The maximum absolute atomic E-state index is 8.76. The number of nitrogens with one attached hydrogen (secondary N) is 1. The first-order chi connectivity index (χ1) is 9.54. The molecule has 2 unspecified atom stereocenters. The highest BCUT2D eigenvalue weighted by molar-refractivity contribution is 5.63. The summed E-state index contributed by atoms with van der Waals surface area (Å²) in [4.78, 5) is 0. The first kappa shape index (κ1) is 16.4. The zero-order valence-corrected chi connectivity index (χ0v) is 12.8. The van der Waals surface area contributed by atoms with Crippen molar-refractivity contribution in [3.05, 3.63) is 60.2 Å². The molecule has 2 nitrogen and oxygen atoms in total. The van der Waals surface area contributed by atoms with Crippen LogP contribution < -0.4 is 5.32 Å². The summed E-state index contributed by atoms with van der Waals surface area (Å²) in [5.41, 5.74) is 3.87. The molecule has 0 aromatic heterocycles. The van der Waals surface area contributed by atoms with Gasteiger partial charge in [0, 0.05) is 10.3 Å². The van der Waals surface area contributed by atoms with Gasteiger partial charge in [0.1, 0.15) is 0 Å². The molecule has 2 atom stereocenters. The van der Waals surface area contributed by atoms with E-state index >= 15 is 0 Å². The first-order valence-electron chi connectivity index (χ1n) is 7.02. The maximum Gasteiger partial charge on any atom is 0.0662 e. The summed E-state index contributed by atoms with van der Waals surface area (Å²) in [6, 6.07) is 19.2. The van der Waals surface area contributed by atoms with Gasteiger partial charge < -0.3 is 10.4 Å². The predicted octanol–water partition coefficient (Wildman–Crippen LogP) is 4.38. The lowest BCUT2D eigenvalue weighted by Gasteiger charge is -2.11. The number of benzene rings is 2. The minimum atomic E-state index is -0.245. The van der Waals surface area contributed by atoms with Crippen molar-refractivity contribution in [1.29, 1.82) is 0 Å². The largest absolute Gasteiger partial charge is 0.392 e. The van der Waals surface area contributed by atoms with Crippen LogP contribution >= 0.6 is 0 Å². The summed E-state index contributed by atoms with van der Waals surface area (Å²) < 4.78 is 0. The molecule has 114 valence electrons. The van der Waals surface area contributed by atoms with Crippen LogP contribution in [-0.2, 0) is 0 Å². The zero-order valence-electron chi connectivity index (χ0n) is 12.8. The second-order valence-corrected chi connectivity index (χ2v) is 5.05. The molecule has 2 aromatic rings. The molecule has 0 aliphatic rings. The number of aliphatic hydroxyl groups excluding tert-OH is 1. The van der Waals surface area contributed by atoms with E-state index in [9.17, 15) is 0 Å². The average molecular weight is 277 g/mol. The Morgan fingerprint density at radius 1 is 0.900 bits per heavy atom. The lowest BCUT2D eigenvalue weighted by molar-refractivity contribution is 0.157. The fraction of sp³-hybridized carbons (Fsp3) is 0.333. The second kappa shape index (κ2) is 8.51. The molecular weight excluding hydrogens is 246 g/mol. The van der Waals surface area contributed by atoms with Gasteiger partial charge >= 0.3 is 0 Å². The smallest absolute Gasteiger partial charge is 0.0662 e. The van der Waals surface area contributed by atoms with Gasteiger partial charge in [-0.3, -0.25) is 0 Å². The summed E-state index contributed by atoms with van der Waals surface area (Å²) >= 11 is 0. The van der Waals surface area contributed by atoms with Crippen LogP contribution in [0.1, 0.15) is 23.7 Å². The fourth-order valence-corrected chi connectivity index (χ4v) is 1.62. The summed E-state index contributed by atoms with van der Waals surface area (Å²) in [5.74, 6) is 0. The summed E-state index contributed by atoms with van der Waals surface area (Å²) in [6.07, 6.45) is -0.245. The lowest BCUT2D eigenvalue weighted by Crippen LogP contribution is -2.32. The number of aliphatic hydroxyl groups is 1. The van der Waals surface area contributed by atoms with E-state index in [1.807, 2.05) is 20.0 Å². The van der Waals surface area contributed by atoms with Gasteiger partial charge in [-0.05, 0) is 38.9 Å². The summed E-state index contributed by atoms with van der Waals surface area (Å²) in [7, 11) is 1.83. The van der Waals surface area contributed by atoms with Gasteiger partial charge in [-0.25, -0.2) is 0 Å². The van der Waals surface area contributed by atoms with Gasteiger partial charge in [-0.15, -0.1) is 0 Å². The molecule has 0 aliphatic carbocycles. The molecule has 20 heavy (non-hydrogen) atoms. The van der Waals surface area contributed by atoms with Gasteiger partial charge in [0.15, 0.2) is 0 Å². The van der Waals surface area contributed by atoms with Crippen molar-refractivity contribution in [3.8, 4) is 11.1 Å². The SMILES string of the molecule is CNC(C)C(C)O.Cc1ccc(-c2ccccc2)cc1.[HH].[HH].[HH]. The average Bonchev–Trinajstić information content (AvgIpc) is 2.48. The number of aryl methyl sites for hydroxylation is 1. The van der Waals surface area contributed by atoms with E-state index in [0.717, 1.165) is 0 Å². The third-order valence-electron chi connectivity index (χ3n) is 3.34. The monoisotopic (exact) mass is 277 g/mol. The Kier molecular flexibility index (Phi) is 6.99. The fourth-order valence-electron chi connectivity index (χ4n) is 1.62. The topological polar surface area (TPSA) is 32.3 Å². The number of likely N-dealkylation sites (N-methyl/N-ethyl adjacent to an activating group) is 1. The molecule has 0 saturated heterocycles. The van der Waals surface area contributed by atoms with Gasteiger partial charge in [0.25, 0.3) is 0 Å². The second-order valence-electron chi connectivity index (χ2n) is 5.05. The molecule has 0 bridgehead atoms. The molecule has 0 fully saturated rings. The number of hydrogen-bond donors (Lipinski definition) is 2. The Morgan fingerprint density at radius 3 is 1.80 bits per heavy atom. The standard InChI is InChI=1S/C13H12.C5H13NO.3H2/c1-11-7-9-13(10-8-11)12-5-3-2-4-6-12;1-4(6-3)5(2)7;;;/h2-10H,1H3;4-7H,1-3H3;3*1H. The zero-order chi connectivity index (χ0) is 15.0. The van der Waals surface area contributed by atoms with Crippen LogP contribution in [0.5, 0.6) is 0 Å². The van der Waals surface area contributed by atoms with Crippen molar-refractivity contribution >= 4 is 0 Å². The molecule has 0 spiro atoms. The summed E-state index contributed by atoms with van der Waals surface area (Å²) in [6.45, 7) is 5.81. The van der Waals surface area contributed by atoms with E-state index in [2.05, 4.69) is 60.8 Å². The Bertz CT molecular complexity index is 489. The molecule has 2 heteroatoms. The van der Waals surface area contributed by atoms with Gasteiger partial charge in [0.2, 0.25) is 0 Å². The van der Waals surface area contributed by atoms with Crippen molar-refractivity contribution in [2.45, 2.75) is 32.9 Å². The highest BCUT2D eigenvalue weighted by atomic mass is 16.3. The van der Waals surface area contributed by atoms with Crippen molar-refractivity contribution < 1.29 is 9.39 Å². The number of rotatable bonds is 3. The molecule has 0 saturated carbocycles. The van der Waals surface area contributed by atoms with Crippen LogP contribution in [0.2, 0.25) is 0 Å². The quantitative estimate of drug-likeness (QED) is 0.873. The van der Waals surface area contributed by atoms with Crippen LogP contribution in [-0.4, -0.2) is 24.3 Å². The highest BCUT2D eigenvalue weighted by Crippen LogP contribution is 2.18. The molecule has 2 rings (SSSR count). The van der Waals surface area contributed by atoms with Crippen LogP contribution in [0.25, 0.3) is 11.1 Å². The van der Waals surface area contributed by atoms with E-state index in [0.29, 0.717) is 0 Å². The number of hydrogen-bond acceptors (Lipinski definition) is 2. The van der Waals surface area contributed by atoms with Crippen LogP contribution in [0.15, 0.2) is 54.6 Å². The van der Waals surface area contributed by atoms with Crippen molar-refractivity contribution in [2.24, 2.45) is 0 Å². The molecule has 0 aliphatic heterocycles. The van der Waals surface area contributed by atoms with Crippen LogP contribution in [0, 0.1) is 6.92 Å². The van der Waals surface area contributed by atoms with E-state index in [1.165, 1.54) is 16.7 Å². The van der Waals surface area contributed by atoms with Crippen LogP contribution in [0.4, 0.5) is 0 Å². The van der Waals surface area contributed by atoms with Crippen LogP contribution in [0.3, 0.4) is 0 Å². The maximum atomic E-state index is 8.76. The van der Waals surface area contributed by atoms with E-state index in [1.54, 1.807) is 6.92 Å². The predicted molar refractivity (Wildman–Crippen MR) is 93.2 cm³/mol. The van der Waals surface area contributed by atoms with Gasteiger partial charge in [-0.1, -0.05) is 60.2 Å². The van der Waals surface area contributed by atoms with E-state index in [4.69, 9.17) is 5.11 Å². The third kappa shape index (κ3) is 5.55.